The van der Waals surface area contributed by atoms with E-state index in [0.717, 1.165) is 24.0 Å². The summed E-state index contributed by atoms with van der Waals surface area (Å²) >= 11 is -2.33. The Balaban J connectivity index is 1.85. The number of rotatable bonds is 8. The van der Waals surface area contributed by atoms with E-state index in [1.54, 1.807) is 6.07 Å². The molecular weight excluding hydrogens is 358 g/mol. The van der Waals surface area contributed by atoms with Crippen LogP contribution in [0.2, 0.25) is 0 Å². The molecule has 3 rings (SSSR count). The third-order valence-electron chi connectivity index (χ3n) is 4.57. The molecule has 3 aromatic carbocycles. The molecule has 140 valence electrons. The van der Waals surface area contributed by atoms with E-state index >= 15 is 0 Å². The molecule has 0 fully saturated rings. The van der Waals surface area contributed by atoms with Gasteiger partial charge in [-0.2, -0.15) is 0 Å². The van der Waals surface area contributed by atoms with Gasteiger partial charge in [0.15, 0.2) is 0 Å². The number of benzene rings is 3. The van der Waals surface area contributed by atoms with Gasteiger partial charge >= 0.3 is 0 Å². The lowest BCUT2D eigenvalue weighted by Gasteiger charge is -2.19. The molecule has 0 radical (unpaired) electrons. The van der Waals surface area contributed by atoms with Crippen molar-refractivity contribution in [1.29, 1.82) is 0 Å². The zero-order chi connectivity index (χ0) is 19.1. The lowest BCUT2D eigenvalue weighted by Crippen LogP contribution is -2.08. The molecule has 2 unspecified atom stereocenters. The molecule has 0 amide bonds. The van der Waals surface area contributed by atoms with Crippen LogP contribution in [0.5, 0.6) is 0 Å². The van der Waals surface area contributed by atoms with Gasteiger partial charge in [-0.25, -0.2) is 0 Å². The summed E-state index contributed by atoms with van der Waals surface area (Å²) in [5.74, 6) is 0.244. The maximum Gasteiger partial charge on any atom is 0.0681 e. The Hall–Kier alpha value is -2.47. The number of nitrogens with one attached hydrogen (secondary N) is 1. The smallest absolute Gasteiger partial charge is 0.0681 e. The molecule has 2 N–H and O–H groups in total. The van der Waals surface area contributed by atoms with Crippen molar-refractivity contribution in [3.8, 4) is 0 Å². The molecule has 0 aliphatic carbocycles. The van der Waals surface area contributed by atoms with Gasteiger partial charge in [-0.15, -0.1) is 0 Å². The van der Waals surface area contributed by atoms with Crippen molar-refractivity contribution < 1.29 is 13.9 Å². The molecule has 0 spiro atoms. The number of hydrogen-bond donors (Lipinski definition) is 2. The molecule has 0 saturated heterocycles. The van der Waals surface area contributed by atoms with Crippen LogP contribution in [0.25, 0.3) is 0 Å². The molecule has 27 heavy (non-hydrogen) atoms. The van der Waals surface area contributed by atoms with E-state index < -0.39 is 11.3 Å². The van der Waals surface area contributed by atoms with Crippen molar-refractivity contribution in [2.24, 2.45) is 0 Å². The molecular formula is C22H22NO3S-. The zero-order valence-corrected chi connectivity index (χ0v) is 15.7. The van der Waals surface area contributed by atoms with Crippen molar-refractivity contribution >= 4 is 17.0 Å². The first-order valence-electron chi connectivity index (χ1n) is 8.82. The molecule has 0 aliphatic rings. The third-order valence-corrected chi connectivity index (χ3v) is 4.97. The Bertz CT molecular complexity index is 882. The third kappa shape index (κ3) is 5.76. The highest BCUT2D eigenvalue weighted by Gasteiger charge is 2.14. The number of anilines is 1. The molecule has 3 aromatic rings. The highest BCUT2D eigenvalue weighted by Crippen LogP contribution is 2.27. The molecule has 0 heterocycles. The standard InChI is InChI=1S/C22H23NO3S/c24-16-18-9-11-20(12-10-18)21(13-17-5-2-1-3-6-17)14-19-7-4-8-22(15-19)23-27(25)26/h1-12,15,21,23-24H,13-14,16H2,(H,25,26)/p-1. The van der Waals surface area contributed by atoms with Crippen molar-refractivity contribution in [1.82, 2.24) is 0 Å². The summed E-state index contributed by atoms with van der Waals surface area (Å²) in [6, 6.07) is 25.8. The lowest BCUT2D eigenvalue weighted by molar-refractivity contribution is 0.282. The van der Waals surface area contributed by atoms with E-state index in [4.69, 9.17) is 0 Å². The van der Waals surface area contributed by atoms with E-state index in [2.05, 4.69) is 29.0 Å². The molecule has 5 heteroatoms. The van der Waals surface area contributed by atoms with Crippen LogP contribution in [0.15, 0.2) is 78.9 Å². The molecule has 0 aliphatic heterocycles. The molecule has 0 bridgehead atoms. The van der Waals surface area contributed by atoms with Gasteiger partial charge in [-0.05, 0) is 53.1 Å². The highest BCUT2D eigenvalue weighted by atomic mass is 32.2. The minimum Gasteiger partial charge on any atom is -0.755 e. The van der Waals surface area contributed by atoms with Crippen LogP contribution in [0.3, 0.4) is 0 Å². The molecule has 0 aromatic heterocycles. The van der Waals surface area contributed by atoms with Crippen LogP contribution < -0.4 is 4.72 Å². The monoisotopic (exact) mass is 380 g/mol. The van der Waals surface area contributed by atoms with E-state index in [0.29, 0.717) is 5.69 Å². The van der Waals surface area contributed by atoms with Crippen molar-refractivity contribution in [2.45, 2.75) is 25.4 Å². The fourth-order valence-electron chi connectivity index (χ4n) is 3.24. The van der Waals surface area contributed by atoms with Crippen molar-refractivity contribution in [3.63, 3.8) is 0 Å². The van der Waals surface area contributed by atoms with Crippen LogP contribution in [0.1, 0.15) is 28.2 Å². The first-order chi connectivity index (χ1) is 13.1. The Kier molecular flexibility index (Phi) is 6.76. The van der Waals surface area contributed by atoms with Gasteiger partial charge in [0, 0.05) is 17.0 Å². The summed E-state index contributed by atoms with van der Waals surface area (Å²) < 4.78 is 24.2. The van der Waals surface area contributed by atoms with Crippen molar-refractivity contribution in [2.75, 3.05) is 4.72 Å². The summed E-state index contributed by atoms with van der Waals surface area (Å²) in [4.78, 5) is 0. The average molecular weight is 380 g/mol. The second kappa shape index (κ2) is 9.46. The maximum atomic E-state index is 10.9. The summed E-state index contributed by atoms with van der Waals surface area (Å²) in [6.07, 6.45) is 1.67. The van der Waals surface area contributed by atoms with Crippen LogP contribution in [0.4, 0.5) is 5.69 Å². The summed E-state index contributed by atoms with van der Waals surface area (Å²) in [6.45, 7) is 0.0314. The number of aliphatic hydroxyl groups is 1. The van der Waals surface area contributed by atoms with Gasteiger partial charge in [0.1, 0.15) is 0 Å². The Labute approximate surface area is 162 Å². The van der Waals surface area contributed by atoms with Gasteiger partial charge in [0.2, 0.25) is 0 Å². The van der Waals surface area contributed by atoms with Crippen LogP contribution >= 0.6 is 0 Å². The number of hydrogen-bond acceptors (Lipinski definition) is 3. The predicted octanol–water partition coefficient (Wildman–Crippen LogP) is 3.95. The SMILES string of the molecule is O=S([O-])Nc1cccc(CC(Cc2ccccc2)c2ccc(CO)cc2)c1. The minimum absolute atomic E-state index is 0.0314. The summed E-state index contributed by atoms with van der Waals surface area (Å²) in [7, 11) is 0. The largest absolute Gasteiger partial charge is 0.755 e. The lowest BCUT2D eigenvalue weighted by atomic mass is 9.86. The highest BCUT2D eigenvalue weighted by molar-refractivity contribution is 7.80. The Morgan fingerprint density at radius 2 is 1.52 bits per heavy atom. The van der Waals surface area contributed by atoms with Gasteiger partial charge in [-0.3, -0.25) is 4.21 Å². The Morgan fingerprint density at radius 1 is 0.852 bits per heavy atom. The van der Waals surface area contributed by atoms with Gasteiger partial charge < -0.3 is 14.4 Å². The average Bonchev–Trinajstić information content (AvgIpc) is 2.68. The predicted molar refractivity (Wildman–Crippen MR) is 108 cm³/mol. The Morgan fingerprint density at radius 3 is 2.19 bits per heavy atom. The number of aliphatic hydroxyl groups excluding tert-OH is 1. The second-order valence-electron chi connectivity index (χ2n) is 6.53. The molecule has 2 atom stereocenters. The van der Waals surface area contributed by atoms with Crippen LogP contribution in [-0.2, 0) is 30.7 Å². The molecule has 4 nitrogen and oxygen atoms in total. The molecule has 0 saturated carbocycles. The summed E-state index contributed by atoms with van der Waals surface area (Å²) in [5.41, 5.74) is 4.97. The van der Waals surface area contributed by atoms with Gasteiger partial charge in [0.25, 0.3) is 0 Å². The van der Waals surface area contributed by atoms with E-state index in [-0.39, 0.29) is 12.5 Å². The van der Waals surface area contributed by atoms with Gasteiger partial charge in [0.05, 0.1) is 6.61 Å². The van der Waals surface area contributed by atoms with Gasteiger partial charge in [-0.1, -0.05) is 66.7 Å². The fraction of sp³-hybridized carbons (Fsp3) is 0.182. The minimum atomic E-state index is -2.33. The topological polar surface area (TPSA) is 72.4 Å². The van der Waals surface area contributed by atoms with E-state index in [9.17, 15) is 13.9 Å². The summed E-state index contributed by atoms with van der Waals surface area (Å²) in [5, 5.41) is 9.28. The van der Waals surface area contributed by atoms with E-state index in [1.165, 1.54) is 11.1 Å². The quantitative estimate of drug-likeness (QED) is 0.581. The van der Waals surface area contributed by atoms with E-state index in [1.807, 2.05) is 48.5 Å². The fourth-order valence-corrected chi connectivity index (χ4v) is 3.56. The first-order valence-corrected chi connectivity index (χ1v) is 9.90. The van der Waals surface area contributed by atoms with Crippen LogP contribution in [0, 0.1) is 0 Å². The second-order valence-corrected chi connectivity index (χ2v) is 7.20. The normalized spacial score (nSPS) is 13.1. The maximum absolute atomic E-state index is 10.9. The van der Waals surface area contributed by atoms with Crippen molar-refractivity contribution in [3.05, 3.63) is 101 Å². The van der Waals surface area contributed by atoms with Crippen LogP contribution in [-0.4, -0.2) is 13.9 Å². The first kappa shape index (κ1) is 19.3. The zero-order valence-electron chi connectivity index (χ0n) is 14.9.